The lowest BCUT2D eigenvalue weighted by Crippen LogP contribution is -2.47. The first-order valence-corrected chi connectivity index (χ1v) is 12.5. The predicted molar refractivity (Wildman–Crippen MR) is 124 cm³/mol. The first-order chi connectivity index (χ1) is 15.9. The lowest BCUT2D eigenvalue weighted by Gasteiger charge is -2.36. The average molecular weight is 494 g/mol. The molecule has 3 atom stereocenters. The molecule has 2 aromatic rings. The number of aliphatic hydroxyl groups is 1. The molecule has 0 aliphatic carbocycles. The summed E-state index contributed by atoms with van der Waals surface area (Å²) in [5.74, 6) is 1.37. The average Bonchev–Trinajstić information content (AvgIpc) is 3.35. The second-order valence-electron chi connectivity index (χ2n) is 8.25. The van der Waals surface area contributed by atoms with E-state index in [1.54, 1.807) is 4.90 Å². The third kappa shape index (κ3) is 4.44. The number of ether oxygens (including phenoxy) is 1. The van der Waals surface area contributed by atoms with Gasteiger partial charge in [0.2, 0.25) is 5.95 Å². The van der Waals surface area contributed by atoms with E-state index in [0.29, 0.717) is 52.6 Å². The summed E-state index contributed by atoms with van der Waals surface area (Å²) in [6, 6.07) is 7.75. The fraction of sp³-hybridized carbons (Fsp3) is 0.476. The van der Waals surface area contributed by atoms with Crippen molar-refractivity contribution in [1.82, 2.24) is 9.97 Å². The van der Waals surface area contributed by atoms with Gasteiger partial charge in [-0.2, -0.15) is 4.98 Å². The van der Waals surface area contributed by atoms with E-state index in [9.17, 15) is 14.1 Å². The van der Waals surface area contributed by atoms with Crippen molar-refractivity contribution in [3.63, 3.8) is 0 Å². The molecule has 4 heterocycles. The van der Waals surface area contributed by atoms with E-state index in [4.69, 9.17) is 31.4 Å². The quantitative estimate of drug-likeness (QED) is 0.609. The van der Waals surface area contributed by atoms with Crippen molar-refractivity contribution >= 4 is 46.0 Å². The van der Waals surface area contributed by atoms with Crippen molar-refractivity contribution in [1.29, 1.82) is 0 Å². The maximum absolute atomic E-state index is 12.7. The van der Waals surface area contributed by atoms with E-state index in [2.05, 4.69) is 9.80 Å². The van der Waals surface area contributed by atoms with E-state index >= 15 is 0 Å². The molecule has 0 spiro atoms. The Balaban J connectivity index is 1.41. The number of aliphatic hydroxyl groups excluding tert-OH is 1. The van der Waals surface area contributed by atoms with Gasteiger partial charge in [-0.05, 0) is 24.3 Å². The van der Waals surface area contributed by atoms with Crippen LogP contribution < -0.4 is 14.7 Å². The predicted octanol–water partition coefficient (Wildman–Crippen LogP) is 1.71. The number of aryl methyl sites for hydroxylation is 1. The molecular formula is C21H24ClN5O5S. The summed E-state index contributed by atoms with van der Waals surface area (Å²) in [6.07, 6.45) is -2.38. The third-order valence-electron chi connectivity index (χ3n) is 6.15. The highest BCUT2D eigenvalue weighted by atomic mass is 35.5. The molecule has 1 aromatic carbocycles. The molecule has 10 nitrogen and oxygen atoms in total. The van der Waals surface area contributed by atoms with Gasteiger partial charge in [0.15, 0.2) is 12.0 Å². The standard InChI is InChI=1S/C21H24ClN5O5S/c22-13-1-3-14(4-2-13)25-6-8-26(9-7-25)20-23-16-5-10-33(31)18(16)19(24-20)27-12-15(28)11-17(27)32-21(29)30/h1-4,15,17,28H,5-12H2,(H,29,30)/t15-,17+,33?/m1/s1. The SMILES string of the molecule is O=C(O)O[C@H]1C[C@@H](O)CN1c1nc(N2CCN(c3ccc(Cl)cc3)CC2)nc2c1S(=O)CC2. The number of halogens is 1. The van der Waals surface area contributed by atoms with Crippen LogP contribution in [0.1, 0.15) is 12.1 Å². The van der Waals surface area contributed by atoms with Crippen molar-refractivity contribution < 1.29 is 24.0 Å². The zero-order valence-electron chi connectivity index (χ0n) is 17.8. The third-order valence-corrected chi connectivity index (χ3v) is 7.85. The van der Waals surface area contributed by atoms with Gasteiger partial charge in [0.25, 0.3) is 0 Å². The number of fused-ring (bicyclic) bond motifs is 1. The number of benzene rings is 1. The summed E-state index contributed by atoms with van der Waals surface area (Å²) < 4.78 is 17.7. The summed E-state index contributed by atoms with van der Waals surface area (Å²) in [5, 5.41) is 20.0. The maximum Gasteiger partial charge on any atom is 0.507 e. The Bertz CT molecular complexity index is 1080. The zero-order valence-corrected chi connectivity index (χ0v) is 19.3. The van der Waals surface area contributed by atoms with Gasteiger partial charge in [0, 0.05) is 62.0 Å². The molecule has 2 N–H and O–H groups in total. The normalized spacial score (nSPS) is 24.8. The smallest absolute Gasteiger partial charge is 0.450 e. The van der Waals surface area contributed by atoms with Crippen molar-refractivity contribution in [3.8, 4) is 0 Å². The van der Waals surface area contributed by atoms with Crippen LogP contribution in [-0.2, 0) is 22.0 Å². The lowest BCUT2D eigenvalue weighted by atomic mass is 10.2. The van der Waals surface area contributed by atoms with Crippen LogP contribution in [0.2, 0.25) is 5.02 Å². The molecule has 33 heavy (non-hydrogen) atoms. The molecule has 0 bridgehead atoms. The number of piperazine rings is 1. The van der Waals surface area contributed by atoms with Crippen molar-refractivity contribution in [3.05, 3.63) is 35.0 Å². The second kappa shape index (κ2) is 8.96. The molecule has 12 heteroatoms. The van der Waals surface area contributed by atoms with Crippen LogP contribution in [0.5, 0.6) is 0 Å². The number of nitrogens with zero attached hydrogens (tertiary/aromatic N) is 5. The summed E-state index contributed by atoms with van der Waals surface area (Å²) in [7, 11) is -1.28. The number of carbonyl (C=O) groups is 1. The van der Waals surface area contributed by atoms with Crippen LogP contribution in [-0.4, -0.2) is 81.4 Å². The number of β-amino-alcohol motifs (C(OH)–C–C–N with tert-alkyl or cyclic N) is 1. The van der Waals surface area contributed by atoms with Crippen molar-refractivity contribution in [2.24, 2.45) is 0 Å². The molecule has 3 aliphatic heterocycles. The molecule has 0 saturated carbocycles. The van der Waals surface area contributed by atoms with E-state index < -0.39 is 29.3 Å². The van der Waals surface area contributed by atoms with Crippen LogP contribution in [0, 0.1) is 0 Å². The second-order valence-corrected chi connectivity index (χ2v) is 10.2. The molecular weight excluding hydrogens is 470 g/mol. The highest BCUT2D eigenvalue weighted by molar-refractivity contribution is 7.85. The first-order valence-electron chi connectivity index (χ1n) is 10.8. The summed E-state index contributed by atoms with van der Waals surface area (Å²) in [5.41, 5.74) is 1.81. The van der Waals surface area contributed by atoms with Crippen molar-refractivity contribution in [2.45, 2.75) is 30.1 Å². The van der Waals surface area contributed by atoms with Gasteiger partial charge in [-0.25, -0.2) is 9.78 Å². The minimum absolute atomic E-state index is 0.132. The highest BCUT2D eigenvalue weighted by Gasteiger charge is 2.39. The monoisotopic (exact) mass is 493 g/mol. The minimum atomic E-state index is -1.43. The number of hydrogen-bond acceptors (Lipinski definition) is 9. The molecule has 2 fully saturated rings. The van der Waals surface area contributed by atoms with Gasteiger partial charge >= 0.3 is 6.16 Å². The molecule has 176 valence electrons. The van der Waals surface area contributed by atoms with Crippen LogP contribution in [0.4, 0.5) is 22.2 Å². The maximum atomic E-state index is 12.7. The van der Waals surface area contributed by atoms with Gasteiger partial charge < -0.3 is 29.6 Å². The lowest BCUT2D eigenvalue weighted by molar-refractivity contribution is 0.0486. The Kier molecular flexibility index (Phi) is 6.02. The largest absolute Gasteiger partial charge is 0.507 e. The topological polar surface area (TPSA) is 119 Å². The summed E-state index contributed by atoms with van der Waals surface area (Å²) in [4.78, 5) is 27.1. The van der Waals surface area contributed by atoms with Gasteiger partial charge in [0.05, 0.1) is 22.6 Å². The van der Waals surface area contributed by atoms with E-state index in [0.717, 1.165) is 18.8 Å². The zero-order chi connectivity index (χ0) is 23.1. The van der Waals surface area contributed by atoms with Crippen LogP contribution in [0.25, 0.3) is 0 Å². The number of rotatable bonds is 4. The molecule has 5 rings (SSSR count). The first kappa shape index (κ1) is 22.2. The van der Waals surface area contributed by atoms with Crippen LogP contribution in [0.3, 0.4) is 0 Å². The molecule has 3 aliphatic rings. The van der Waals surface area contributed by atoms with Crippen LogP contribution in [0.15, 0.2) is 29.2 Å². The fourth-order valence-corrected chi connectivity index (χ4v) is 6.03. The summed E-state index contributed by atoms with van der Waals surface area (Å²) >= 11 is 6.00. The Morgan fingerprint density at radius 1 is 1.12 bits per heavy atom. The molecule has 1 unspecified atom stereocenters. The van der Waals surface area contributed by atoms with E-state index in [-0.39, 0.29) is 13.0 Å². The fourth-order valence-electron chi connectivity index (χ4n) is 4.55. The molecule has 2 saturated heterocycles. The Hall–Kier alpha value is -2.63. The van der Waals surface area contributed by atoms with E-state index in [1.807, 2.05) is 24.3 Å². The number of carboxylic acid groups (broad SMARTS) is 1. The van der Waals surface area contributed by atoms with Gasteiger partial charge in [-0.15, -0.1) is 0 Å². The summed E-state index contributed by atoms with van der Waals surface area (Å²) in [6.45, 7) is 3.10. The Morgan fingerprint density at radius 3 is 2.52 bits per heavy atom. The van der Waals surface area contributed by atoms with Crippen LogP contribution >= 0.6 is 11.6 Å². The van der Waals surface area contributed by atoms with Gasteiger partial charge in [0.1, 0.15) is 4.90 Å². The number of hydrogen-bond donors (Lipinski definition) is 2. The minimum Gasteiger partial charge on any atom is -0.450 e. The molecule has 0 amide bonds. The van der Waals surface area contributed by atoms with Gasteiger partial charge in [-0.1, -0.05) is 11.6 Å². The van der Waals surface area contributed by atoms with E-state index in [1.165, 1.54) is 0 Å². The Labute approximate surface area is 198 Å². The number of aromatic nitrogens is 2. The molecule has 1 aromatic heterocycles. The number of anilines is 3. The van der Waals surface area contributed by atoms with Crippen molar-refractivity contribution in [2.75, 3.05) is 53.2 Å². The molecule has 0 radical (unpaired) electrons. The highest BCUT2D eigenvalue weighted by Crippen LogP contribution is 2.36. The Morgan fingerprint density at radius 2 is 1.82 bits per heavy atom. The van der Waals surface area contributed by atoms with Gasteiger partial charge in [-0.3, -0.25) is 4.21 Å².